The number of carbonyl (C=O) groups excluding carboxylic acids is 3. The highest BCUT2D eigenvalue weighted by Crippen LogP contribution is 2.53. The lowest BCUT2D eigenvalue weighted by molar-refractivity contribution is -0.144. The number of amides is 2. The molecular weight excluding hydrogens is 460 g/mol. The maximum atomic E-state index is 14.3. The number of rotatable bonds is 7. The van der Waals surface area contributed by atoms with Crippen molar-refractivity contribution in [1.29, 1.82) is 0 Å². The second-order valence-corrected chi connectivity index (χ2v) is 9.50. The fourth-order valence-electron chi connectivity index (χ4n) is 5.60. The summed E-state index contributed by atoms with van der Waals surface area (Å²) in [4.78, 5) is 44.2. The van der Waals surface area contributed by atoms with E-state index in [1.54, 1.807) is 35.2 Å². The van der Waals surface area contributed by atoms with Gasteiger partial charge in [0.1, 0.15) is 17.6 Å². The summed E-state index contributed by atoms with van der Waals surface area (Å²) >= 11 is 0. The topological polar surface area (TPSA) is 96.4 Å². The third-order valence-electron chi connectivity index (χ3n) is 7.23. The summed E-state index contributed by atoms with van der Waals surface area (Å²) in [7, 11) is 1.49. The average molecular weight is 491 g/mol. The number of ketones is 1. The van der Waals surface area contributed by atoms with E-state index in [4.69, 9.17) is 9.47 Å². The minimum Gasteiger partial charge on any atom is -0.507 e. The monoisotopic (exact) mass is 490 g/mol. The van der Waals surface area contributed by atoms with Crippen molar-refractivity contribution in [1.82, 2.24) is 4.90 Å². The van der Waals surface area contributed by atoms with Gasteiger partial charge in [0.2, 0.25) is 0 Å². The van der Waals surface area contributed by atoms with Crippen LogP contribution in [-0.4, -0.2) is 60.5 Å². The smallest absolute Gasteiger partial charge is 0.296 e. The van der Waals surface area contributed by atoms with Crippen LogP contribution in [0.4, 0.5) is 5.69 Å². The zero-order valence-corrected chi connectivity index (χ0v) is 20.7. The van der Waals surface area contributed by atoms with E-state index in [9.17, 15) is 19.5 Å². The molecule has 1 N–H and O–H groups in total. The molecule has 2 aromatic rings. The standard InChI is InChI=1S/C28H30N2O6/c1-4-5-12-29-21-9-7-6-8-20(21)28(27(29)34)23(25(32)26(33)30(28)13-14-35-3)24(31)18-10-11-22-19(16-18)15-17(2)36-22/h6-11,16-17,31H,4-5,12-15H2,1-3H3/t17-,28+/m0/s1. The number of anilines is 1. The summed E-state index contributed by atoms with van der Waals surface area (Å²) in [5.74, 6) is -1.76. The molecule has 2 atom stereocenters. The van der Waals surface area contributed by atoms with Crippen LogP contribution >= 0.6 is 0 Å². The minimum atomic E-state index is -1.76. The van der Waals surface area contributed by atoms with Crippen molar-refractivity contribution < 1.29 is 29.0 Å². The van der Waals surface area contributed by atoms with E-state index >= 15 is 0 Å². The summed E-state index contributed by atoms with van der Waals surface area (Å²) in [6.45, 7) is 4.59. The molecule has 8 heteroatoms. The highest BCUT2D eigenvalue weighted by Gasteiger charge is 2.66. The molecule has 36 heavy (non-hydrogen) atoms. The Kier molecular flexibility index (Phi) is 6.08. The van der Waals surface area contributed by atoms with Gasteiger partial charge in [-0.1, -0.05) is 31.5 Å². The predicted octanol–water partition coefficient (Wildman–Crippen LogP) is 3.38. The Bertz CT molecular complexity index is 1280. The minimum absolute atomic E-state index is 0.00558. The maximum absolute atomic E-state index is 14.3. The van der Waals surface area contributed by atoms with Crippen LogP contribution in [-0.2, 0) is 31.1 Å². The van der Waals surface area contributed by atoms with E-state index in [0.717, 1.165) is 24.2 Å². The fraction of sp³-hybridized carbons (Fsp3) is 0.393. The largest absolute Gasteiger partial charge is 0.507 e. The molecule has 1 saturated heterocycles. The highest BCUT2D eigenvalue weighted by atomic mass is 16.5. The van der Waals surface area contributed by atoms with Crippen LogP contribution in [0.1, 0.15) is 43.4 Å². The molecule has 3 aliphatic heterocycles. The zero-order valence-electron chi connectivity index (χ0n) is 20.7. The Labute approximate surface area is 210 Å². The van der Waals surface area contributed by atoms with Gasteiger partial charge in [0.05, 0.1) is 17.9 Å². The third kappa shape index (κ3) is 3.35. The molecule has 0 aliphatic carbocycles. The van der Waals surface area contributed by atoms with Gasteiger partial charge in [-0.2, -0.15) is 0 Å². The number of hydrogen-bond donors (Lipinski definition) is 1. The van der Waals surface area contributed by atoms with Crippen LogP contribution in [0.15, 0.2) is 48.0 Å². The fourth-order valence-corrected chi connectivity index (χ4v) is 5.60. The highest BCUT2D eigenvalue weighted by molar-refractivity contribution is 6.50. The lowest BCUT2D eigenvalue weighted by Crippen LogP contribution is -2.52. The number of nitrogens with zero attached hydrogens (tertiary/aromatic N) is 2. The van der Waals surface area contributed by atoms with E-state index in [-0.39, 0.29) is 30.6 Å². The molecule has 3 aliphatic rings. The first-order chi connectivity index (χ1) is 17.4. The van der Waals surface area contributed by atoms with Crippen LogP contribution in [0, 0.1) is 0 Å². The lowest BCUT2D eigenvalue weighted by atomic mass is 9.81. The van der Waals surface area contributed by atoms with E-state index in [2.05, 4.69) is 0 Å². The number of benzene rings is 2. The van der Waals surface area contributed by atoms with E-state index < -0.39 is 23.1 Å². The van der Waals surface area contributed by atoms with Gasteiger partial charge < -0.3 is 24.4 Å². The molecule has 0 unspecified atom stereocenters. The Hall–Kier alpha value is -3.65. The van der Waals surface area contributed by atoms with Crippen molar-refractivity contribution in [2.75, 3.05) is 31.7 Å². The van der Waals surface area contributed by atoms with Crippen LogP contribution in [0.2, 0.25) is 0 Å². The SMILES string of the molecule is CCCCN1C(=O)[C@]2(C(=C(O)c3ccc4c(c3)C[C@H](C)O4)C(=O)C(=O)N2CCOC)c2ccccc21. The van der Waals surface area contributed by atoms with Crippen molar-refractivity contribution in [2.24, 2.45) is 0 Å². The van der Waals surface area contributed by atoms with Gasteiger partial charge in [0.15, 0.2) is 5.54 Å². The molecule has 1 fully saturated rings. The zero-order chi connectivity index (χ0) is 25.6. The molecule has 188 valence electrons. The predicted molar refractivity (Wildman–Crippen MR) is 134 cm³/mol. The second kappa shape index (κ2) is 9.09. The van der Waals surface area contributed by atoms with Crippen LogP contribution in [0.25, 0.3) is 5.76 Å². The molecule has 0 aromatic heterocycles. The number of likely N-dealkylation sites (tertiary alicyclic amines) is 1. The molecular formula is C28H30N2O6. The van der Waals surface area contributed by atoms with Crippen molar-refractivity contribution in [3.8, 4) is 5.75 Å². The van der Waals surface area contributed by atoms with Crippen LogP contribution in [0.5, 0.6) is 5.75 Å². The van der Waals surface area contributed by atoms with Gasteiger partial charge >= 0.3 is 0 Å². The second-order valence-electron chi connectivity index (χ2n) is 9.50. The Morgan fingerprint density at radius 1 is 1.17 bits per heavy atom. The Balaban J connectivity index is 1.76. The molecule has 0 radical (unpaired) electrons. The molecule has 1 spiro atoms. The van der Waals surface area contributed by atoms with Crippen molar-refractivity contribution in [3.05, 3.63) is 64.7 Å². The van der Waals surface area contributed by atoms with Crippen molar-refractivity contribution in [3.63, 3.8) is 0 Å². The molecule has 2 aromatic carbocycles. The van der Waals surface area contributed by atoms with Gasteiger partial charge in [-0.3, -0.25) is 14.4 Å². The summed E-state index contributed by atoms with van der Waals surface area (Å²) < 4.78 is 11.0. The number of aliphatic hydroxyl groups is 1. The van der Waals surface area contributed by atoms with Gasteiger partial charge in [-0.25, -0.2) is 0 Å². The number of ether oxygens (including phenoxy) is 2. The first-order valence-electron chi connectivity index (χ1n) is 12.4. The Morgan fingerprint density at radius 3 is 2.69 bits per heavy atom. The molecule has 2 amide bonds. The first-order valence-corrected chi connectivity index (χ1v) is 12.4. The third-order valence-corrected chi connectivity index (χ3v) is 7.23. The van der Waals surface area contributed by atoms with E-state index in [1.165, 1.54) is 12.0 Å². The average Bonchev–Trinajstić information content (AvgIpc) is 3.44. The Morgan fingerprint density at radius 2 is 1.94 bits per heavy atom. The van der Waals surface area contributed by atoms with Crippen LogP contribution < -0.4 is 9.64 Å². The quantitative estimate of drug-likeness (QED) is 0.363. The van der Waals surface area contributed by atoms with Crippen molar-refractivity contribution in [2.45, 2.75) is 44.8 Å². The number of para-hydroxylation sites is 1. The van der Waals surface area contributed by atoms with Crippen molar-refractivity contribution >= 4 is 29.0 Å². The van der Waals surface area contributed by atoms with E-state index in [0.29, 0.717) is 29.8 Å². The molecule has 8 nitrogen and oxygen atoms in total. The number of Topliss-reactive ketones (excluding diaryl/α,β-unsaturated/α-hetero) is 1. The summed E-state index contributed by atoms with van der Waals surface area (Å²) in [5, 5.41) is 11.6. The van der Waals surface area contributed by atoms with Gasteiger partial charge in [-0.05, 0) is 43.2 Å². The van der Waals surface area contributed by atoms with E-state index in [1.807, 2.05) is 26.0 Å². The van der Waals surface area contributed by atoms with Crippen LogP contribution in [0.3, 0.4) is 0 Å². The number of hydrogen-bond acceptors (Lipinski definition) is 6. The normalized spacial score (nSPS) is 24.0. The molecule has 0 bridgehead atoms. The lowest BCUT2D eigenvalue weighted by Gasteiger charge is -2.34. The number of unbranched alkanes of at least 4 members (excludes halogenated alkanes) is 1. The number of aliphatic hydroxyl groups excluding tert-OH is 1. The van der Waals surface area contributed by atoms with Gasteiger partial charge in [-0.15, -0.1) is 0 Å². The first kappa shape index (κ1) is 24.1. The summed E-state index contributed by atoms with van der Waals surface area (Å²) in [6, 6.07) is 12.4. The molecule has 5 rings (SSSR count). The van der Waals surface area contributed by atoms with Gasteiger partial charge in [0, 0.05) is 37.7 Å². The molecule has 0 saturated carbocycles. The number of methoxy groups -OCH3 is 1. The number of carbonyl (C=O) groups is 3. The maximum Gasteiger partial charge on any atom is 0.296 e. The molecule has 3 heterocycles. The summed E-state index contributed by atoms with van der Waals surface area (Å²) in [5.41, 5.74) is 0.462. The summed E-state index contributed by atoms with van der Waals surface area (Å²) in [6.07, 6.45) is 2.29. The number of fused-ring (bicyclic) bond motifs is 3. The van der Waals surface area contributed by atoms with Gasteiger partial charge in [0.25, 0.3) is 17.6 Å².